The molecule has 1 rings (SSSR count). The summed E-state index contributed by atoms with van der Waals surface area (Å²) in [5.74, 6) is 0.0522. The lowest BCUT2D eigenvalue weighted by atomic mass is 10.3. The van der Waals surface area contributed by atoms with Crippen LogP contribution in [-0.4, -0.2) is 38.1 Å². The van der Waals surface area contributed by atoms with Gasteiger partial charge in [-0.2, -0.15) is 0 Å². The number of nitrogens with zero attached hydrogens (tertiary/aromatic N) is 1. The van der Waals surface area contributed by atoms with Gasteiger partial charge in [0.15, 0.2) is 0 Å². The predicted molar refractivity (Wildman–Crippen MR) is 65.0 cm³/mol. The zero-order valence-corrected chi connectivity index (χ0v) is 10.6. The molecule has 0 aliphatic carbocycles. The first-order valence-electron chi connectivity index (χ1n) is 4.67. The van der Waals surface area contributed by atoms with Gasteiger partial charge in [0.2, 0.25) is 0 Å². The van der Waals surface area contributed by atoms with E-state index in [0.717, 1.165) is 16.2 Å². The Bertz CT molecular complexity index is 325. The Morgan fingerprint density at radius 2 is 2.40 bits per heavy atom. The van der Waals surface area contributed by atoms with Gasteiger partial charge in [-0.15, -0.1) is 24.0 Å². The van der Waals surface area contributed by atoms with Crippen LogP contribution in [-0.2, 0) is 4.74 Å². The Balaban J connectivity index is 2.46. The molecule has 1 heterocycles. The molecular weight excluding hydrogens is 230 g/mol. The van der Waals surface area contributed by atoms with Crippen molar-refractivity contribution >= 4 is 29.9 Å². The lowest BCUT2D eigenvalue weighted by molar-refractivity contribution is 0.0784. The normalized spacial score (nSPS) is 10.3. The van der Waals surface area contributed by atoms with Crippen LogP contribution >= 0.6 is 24.0 Å². The highest BCUT2D eigenvalue weighted by Crippen LogP contribution is 2.18. The number of hydrogen-bond donors (Lipinski definition) is 1. The fraction of sp³-hybridized carbons (Fsp3) is 0.500. The maximum absolute atomic E-state index is 11.8. The quantitative estimate of drug-likeness (QED) is 0.636. The van der Waals surface area contributed by atoms with Gasteiger partial charge in [0, 0.05) is 37.6 Å². The van der Waals surface area contributed by atoms with Crippen molar-refractivity contribution in [1.82, 2.24) is 4.90 Å². The minimum absolute atomic E-state index is 0.0522. The van der Waals surface area contributed by atoms with Gasteiger partial charge in [-0.25, -0.2) is 0 Å². The van der Waals surface area contributed by atoms with Crippen molar-refractivity contribution in [3.63, 3.8) is 0 Å². The van der Waals surface area contributed by atoms with E-state index in [2.05, 4.69) is 12.6 Å². The summed E-state index contributed by atoms with van der Waals surface area (Å²) in [6.45, 7) is 1.40. The zero-order valence-electron chi connectivity index (χ0n) is 8.90. The highest BCUT2D eigenvalue weighted by molar-refractivity contribution is 7.80. The largest absolute Gasteiger partial charge is 0.385 e. The molecule has 0 N–H and O–H groups in total. The number of amides is 1. The molecule has 0 bridgehead atoms. The van der Waals surface area contributed by atoms with Crippen molar-refractivity contribution < 1.29 is 9.53 Å². The van der Waals surface area contributed by atoms with Crippen LogP contribution in [0.4, 0.5) is 0 Å². The van der Waals surface area contributed by atoms with Crippen LogP contribution in [0, 0.1) is 0 Å². The molecule has 0 unspecified atom stereocenters. The summed E-state index contributed by atoms with van der Waals surface area (Å²) in [4.78, 5) is 15.1. The fourth-order valence-electron chi connectivity index (χ4n) is 1.17. The maximum Gasteiger partial charge on any atom is 0.263 e. The third-order valence-electron chi connectivity index (χ3n) is 1.99. The molecular formula is C10H15NO2S2. The number of rotatable bonds is 5. The summed E-state index contributed by atoms with van der Waals surface area (Å²) in [6, 6.07) is 1.79. The zero-order chi connectivity index (χ0) is 11.3. The van der Waals surface area contributed by atoms with Gasteiger partial charge in [0.1, 0.15) is 0 Å². The highest BCUT2D eigenvalue weighted by atomic mass is 32.1. The second-order valence-electron chi connectivity index (χ2n) is 3.24. The number of carbonyl (C=O) groups excluding carboxylic acids is 1. The molecule has 0 fully saturated rings. The summed E-state index contributed by atoms with van der Waals surface area (Å²) < 4.78 is 4.93. The molecule has 0 aliphatic rings. The molecule has 0 spiro atoms. The minimum Gasteiger partial charge on any atom is -0.385 e. The second kappa shape index (κ2) is 6.15. The van der Waals surface area contributed by atoms with E-state index in [0.29, 0.717) is 13.2 Å². The first-order valence-corrected chi connectivity index (χ1v) is 5.99. The Labute approximate surface area is 99.5 Å². The van der Waals surface area contributed by atoms with Crippen LogP contribution < -0.4 is 0 Å². The first-order chi connectivity index (χ1) is 7.15. The highest BCUT2D eigenvalue weighted by Gasteiger charge is 2.12. The van der Waals surface area contributed by atoms with Crippen LogP contribution in [0.15, 0.2) is 16.3 Å². The van der Waals surface area contributed by atoms with E-state index < -0.39 is 0 Å². The molecule has 5 heteroatoms. The van der Waals surface area contributed by atoms with E-state index in [-0.39, 0.29) is 5.91 Å². The van der Waals surface area contributed by atoms with E-state index in [1.165, 1.54) is 11.3 Å². The summed E-state index contributed by atoms with van der Waals surface area (Å²) in [7, 11) is 3.46. The Morgan fingerprint density at radius 1 is 1.67 bits per heavy atom. The topological polar surface area (TPSA) is 29.5 Å². The number of methoxy groups -OCH3 is 1. The van der Waals surface area contributed by atoms with Crippen molar-refractivity contribution in [1.29, 1.82) is 0 Å². The molecule has 0 radical (unpaired) electrons. The lowest BCUT2D eigenvalue weighted by Gasteiger charge is -2.15. The minimum atomic E-state index is 0.0522. The lowest BCUT2D eigenvalue weighted by Crippen LogP contribution is -2.27. The SMILES string of the molecule is COCCCN(C)C(=O)c1cc(S)cs1. The van der Waals surface area contributed by atoms with Gasteiger partial charge in [0.05, 0.1) is 4.88 Å². The third-order valence-corrected chi connectivity index (χ3v) is 3.34. The predicted octanol–water partition coefficient (Wildman–Crippen LogP) is 2.15. The molecule has 1 aromatic heterocycles. The van der Waals surface area contributed by atoms with E-state index in [1.807, 2.05) is 5.38 Å². The third kappa shape index (κ3) is 3.85. The summed E-state index contributed by atoms with van der Waals surface area (Å²) in [6.07, 6.45) is 0.859. The average Bonchev–Trinajstić information content (AvgIpc) is 2.64. The van der Waals surface area contributed by atoms with Crippen LogP contribution in [0.25, 0.3) is 0 Å². The average molecular weight is 245 g/mol. The van der Waals surface area contributed by atoms with Crippen molar-refractivity contribution in [2.45, 2.75) is 11.3 Å². The van der Waals surface area contributed by atoms with Crippen molar-refractivity contribution in [3.8, 4) is 0 Å². The van der Waals surface area contributed by atoms with Gasteiger partial charge >= 0.3 is 0 Å². The molecule has 0 saturated carbocycles. The molecule has 1 amide bonds. The Morgan fingerprint density at radius 3 is 2.93 bits per heavy atom. The van der Waals surface area contributed by atoms with Crippen LogP contribution in [0.3, 0.4) is 0 Å². The standard InChI is InChI=1S/C10H15NO2S2/c1-11(4-3-5-13-2)10(12)9-6-8(14)7-15-9/h6-7,14H,3-5H2,1-2H3. The molecule has 1 aromatic rings. The molecule has 0 aliphatic heterocycles. The molecule has 15 heavy (non-hydrogen) atoms. The fourth-order valence-corrected chi connectivity index (χ4v) is 2.32. The van der Waals surface area contributed by atoms with Crippen molar-refractivity contribution in [2.24, 2.45) is 0 Å². The van der Waals surface area contributed by atoms with E-state index in [1.54, 1.807) is 25.1 Å². The van der Waals surface area contributed by atoms with Gasteiger partial charge in [-0.05, 0) is 12.5 Å². The van der Waals surface area contributed by atoms with Gasteiger partial charge in [-0.1, -0.05) is 0 Å². The summed E-state index contributed by atoms with van der Waals surface area (Å²) >= 11 is 5.60. The molecule has 0 saturated heterocycles. The maximum atomic E-state index is 11.8. The van der Waals surface area contributed by atoms with Crippen LogP contribution in [0.5, 0.6) is 0 Å². The number of thiol groups is 1. The molecule has 0 aromatic carbocycles. The Kier molecular flexibility index (Phi) is 5.14. The van der Waals surface area contributed by atoms with Crippen LogP contribution in [0.1, 0.15) is 16.1 Å². The van der Waals surface area contributed by atoms with Gasteiger partial charge < -0.3 is 9.64 Å². The molecule has 0 atom stereocenters. The van der Waals surface area contributed by atoms with Crippen molar-refractivity contribution in [2.75, 3.05) is 27.3 Å². The number of hydrogen-bond acceptors (Lipinski definition) is 4. The van der Waals surface area contributed by atoms with E-state index in [9.17, 15) is 4.79 Å². The van der Waals surface area contributed by atoms with Crippen LogP contribution in [0.2, 0.25) is 0 Å². The van der Waals surface area contributed by atoms with Gasteiger partial charge in [0.25, 0.3) is 5.91 Å². The summed E-state index contributed by atoms with van der Waals surface area (Å²) in [5.41, 5.74) is 0. The molecule has 84 valence electrons. The van der Waals surface area contributed by atoms with E-state index >= 15 is 0 Å². The monoisotopic (exact) mass is 245 g/mol. The number of ether oxygens (including phenoxy) is 1. The first kappa shape index (κ1) is 12.5. The number of thiophene rings is 1. The second-order valence-corrected chi connectivity index (χ2v) is 4.67. The number of carbonyl (C=O) groups is 1. The van der Waals surface area contributed by atoms with E-state index in [4.69, 9.17) is 4.74 Å². The van der Waals surface area contributed by atoms with Gasteiger partial charge in [-0.3, -0.25) is 4.79 Å². The Hall–Kier alpha value is -0.520. The molecule has 3 nitrogen and oxygen atoms in total. The smallest absolute Gasteiger partial charge is 0.263 e. The summed E-state index contributed by atoms with van der Waals surface area (Å²) in [5, 5.41) is 1.86. The van der Waals surface area contributed by atoms with Crippen molar-refractivity contribution in [3.05, 3.63) is 16.3 Å².